The van der Waals surface area contributed by atoms with E-state index < -0.39 is 0 Å². The third kappa shape index (κ3) is 6.89. The maximum Gasteiger partial charge on any atom is 0.191 e. The monoisotopic (exact) mass is 398 g/mol. The Balaban J connectivity index is 1.92. The molecule has 1 atom stereocenters. The first-order valence-electron chi connectivity index (χ1n) is 10.8. The zero-order valence-electron chi connectivity index (χ0n) is 19.0. The molecule has 0 aliphatic carbocycles. The van der Waals surface area contributed by atoms with E-state index >= 15 is 0 Å². The van der Waals surface area contributed by atoms with Crippen LogP contribution >= 0.6 is 0 Å². The third-order valence-corrected chi connectivity index (χ3v) is 5.29. The first kappa shape index (κ1) is 22.9. The smallest absolute Gasteiger partial charge is 0.191 e. The highest BCUT2D eigenvalue weighted by Gasteiger charge is 2.10. The molecule has 0 fully saturated rings. The Morgan fingerprint density at radius 1 is 1.21 bits per heavy atom. The summed E-state index contributed by atoms with van der Waals surface area (Å²) in [5, 5.41) is 11.6. The predicted octanol–water partition coefficient (Wildman–Crippen LogP) is 3.66. The van der Waals surface area contributed by atoms with Crippen molar-refractivity contribution in [1.29, 1.82) is 0 Å². The van der Waals surface area contributed by atoms with Crippen LogP contribution in [0, 0.1) is 13.8 Å². The quantitative estimate of drug-likeness (QED) is 0.474. The van der Waals surface area contributed by atoms with Gasteiger partial charge in [0.25, 0.3) is 0 Å². The number of para-hydroxylation sites is 1. The van der Waals surface area contributed by atoms with Gasteiger partial charge in [-0.05, 0) is 70.9 Å². The topological polar surface area (TPSA) is 57.5 Å². The lowest BCUT2D eigenvalue weighted by Crippen LogP contribution is -2.42. The molecule has 2 rings (SSSR count). The fourth-order valence-corrected chi connectivity index (χ4v) is 3.58. The van der Waals surface area contributed by atoms with Gasteiger partial charge in [0.15, 0.2) is 5.96 Å². The Labute approximate surface area is 176 Å². The van der Waals surface area contributed by atoms with Crippen LogP contribution in [0.25, 0.3) is 5.69 Å². The van der Waals surface area contributed by atoms with Gasteiger partial charge in [0.1, 0.15) is 0 Å². The Morgan fingerprint density at radius 2 is 1.93 bits per heavy atom. The number of guanidine groups is 1. The number of hydrogen-bond acceptors (Lipinski definition) is 3. The van der Waals surface area contributed by atoms with Crippen LogP contribution in [0.4, 0.5) is 0 Å². The van der Waals surface area contributed by atoms with E-state index in [1.807, 2.05) is 18.7 Å². The van der Waals surface area contributed by atoms with Crippen molar-refractivity contribution in [2.75, 3.05) is 26.7 Å². The van der Waals surface area contributed by atoms with Crippen molar-refractivity contribution >= 4 is 5.96 Å². The number of nitrogens with zero attached hydrogens (tertiary/aromatic N) is 4. The van der Waals surface area contributed by atoms with Gasteiger partial charge in [-0.15, -0.1) is 0 Å². The van der Waals surface area contributed by atoms with E-state index in [2.05, 4.69) is 83.7 Å². The summed E-state index contributed by atoms with van der Waals surface area (Å²) in [6.07, 6.45) is 2.31. The van der Waals surface area contributed by atoms with Gasteiger partial charge in [-0.1, -0.05) is 32.0 Å². The fraction of sp³-hybridized carbons (Fsp3) is 0.565. The molecule has 0 aliphatic heterocycles. The molecular weight excluding hydrogens is 360 g/mol. The zero-order valence-corrected chi connectivity index (χ0v) is 19.0. The number of benzene rings is 1. The van der Waals surface area contributed by atoms with Gasteiger partial charge in [-0.2, -0.15) is 5.10 Å². The lowest BCUT2D eigenvalue weighted by molar-refractivity contribution is 0.292. The van der Waals surface area contributed by atoms with Gasteiger partial charge in [0.2, 0.25) is 0 Å². The highest BCUT2D eigenvalue weighted by Crippen LogP contribution is 2.16. The van der Waals surface area contributed by atoms with Gasteiger partial charge in [-0.3, -0.25) is 4.99 Å². The maximum absolute atomic E-state index is 4.64. The van der Waals surface area contributed by atoms with E-state index in [9.17, 15) is 0 Å². The highest BCUT2D eigenvalue weighted by atomic mass is 15.3. The van der Waals surface area contributed by atoms with Crippen LogP contribution in [0.15, 0.2) is 35.3 Å². The minimum Gasteiger partial charge on any atom is -0.354 e. The second-order valence-electron chi connectivity index (χ2n) is 7.61. The summed E-state index contributed by atoms with van der Waals surface area (Å²) in [4.78, 5) is 6.87. The van der Waals surface area contributed by atoms with Crippen LogP contribution < -0.4 is 10.6 Å². The van der Waals surface area contributed by atoms with Gasteiger partial charge in [0, 0.05) is 25.3 Å². The normalized spacial score (nSPS) is 13.0. The summed E-state index contributed by atoms with van der Waals surface area (Å²) in [5.41, 5.74) is 4.46. The zero-order chi connectivity index (χ0) is 21.2. The van der Waals surface area contributed by atoms with Gasteiger partial charge in [-0.25, -0.2) is 4.68 Å². The minimum atomic E-state index is 0.378. The average Bonchev–Trinajstić information content (AvgIpc) is 3.06. The summed E-state index contributed by atoms with van der Waals surface area (Å²) in [5.74, 6) is 0.837. The van der Waals surface area contributed by atoms with E-state index in [1.165, 1.54) is 12.0 Å². The molecule has 0 radical (unpaired) electrons. The molecule has 1 unspecified atom stereocenters. The van der Waals surface area contributed by atoms with Crippen molar-refractivity contribution in [3.8, 4) is 5.69 Å². The van der Waals surface area contributed by atoms with Crippen LogP contribution in [0.2, 0.25) is 0 Å². The maximum atomic E-state index is 4.64. The molecule has 0 amide bonds. The van der Waals surface area contributed by atoms with Gasteiger partial charge < -0.3 is 15.5 Å². The van der Waals surface area contributed by atoms with Gasteiger partial charge in [0.05, 0.1) is 11.4 Å². The average molecular weight is 399 g/mol. The molecule has 1 aromatic carbocycles. The number of aliphatic imine (C=N–C) groups is 1. The van der Waals surface area contributed by atoms with E-state index in [0.29, 0.717) is 12.6 Å². The Kier molecular flexibility index (Phi) is 9.19. The van der Waals surface area contributed by atoms with E-state index in [1.54, 1.807) is 0 Å². The second kappa shape index (κ2) is 11.6. The number of aromatic nitrogens is 2. The molecule has 160 valence electrons. The van der Waals surface area contributed by atoms with Crippen molar-refractivity contribution in [3.63, 3.8) is 0 Å². The molecule has 0 spiro atoms. The first-order valence-corrected chi connectivity index (χ1v) is 10.8. The van der Waals surface area contributed by atoms with E-state index in [-0.39, 0.29) is 0 Å². The lowest BCUT2D eigenvalue weighted by Gasteiger charge is -2.21. The molecule has 1 aromatic heterocycles. The number of aryl methyl sites for hydroxylation is 2. The molecule has 29 heavy (non-hydrogen) atoms. The van der Waals surface area contributed by atoms with Gasteiger partial charge >= 0.3 is 0 Å². The summed E-state index contributed by atoms with van der Waals surface area (Å²) < 4.78 is 2.01. The highest BCUT2D eigenvalue weighted by molar-refractivity contribution is 5.80. The van der Waals surface area contributed by atoms with Crippen molar-refractivity contribution in [2.45, 2.75) is 60.0 Å². The largest absolute Gasteiger partial charge is 0.354 e. The first-order chi connectivity index (χ1) is 14.0. The van der Waals surface area contributed by atoms with E-state index in [0.717, 1.165) is 49.1 Å². The van der Waals surface area contributed by atoms with Crippen LogP contribution in [0.3, 0.4) is 0 Å². The van der Waals surface area contributed by atoms with Crippen LogP contribution in [-0.4, -0.2) is 53.4 Å². The van der Waals surface area contributed by atoms with Crippen LogP contribution in [0.5, 0.6) is 0 Å². The Hall–Kier alpha value is -2.34. The molecular formula is C23H38N6. The molecule has 6 nitrogen and oxygen atoms in total. The molecule has 2 aromatic rings. The molecule has 0 saturated heterocycles. The van der Waals surface area contributed by atoms with Crippen LogP contribution in [0.1, 0.15) is 50.6 Å². The van der Waals surface area contributed by atoms with Crippen molar-refractivity contribution in [3.05, 3.63) is 47.3 Å². The summed E-state index contributed by atoms with van der Waals surface area (Å²) in [6, 6.07) is 10.9. The van der Waals surface area contributed by atoms with Crippen molar-refractivity contribution in [1.82, 2.24) is 25.3 Å². The van der Waals surface area contributed by atoms with Crippen molar-refractivity contribution < 1.29 is 0 Å². The summed E-state index contributed by atoms with van der Waals surface area (Å²) in [7, 11) is 1.82. The Bertz CT molecular complexity index is 775. The van der Waals surface area contributed by atoms with Crippen molar-refractivity contribution in [2.24, 2.45) is 4.99 Å². The fourth-order valence-electron chi connectivity index (χ4n) is 3.58. The molecule has 0 saturated carbocycles. The third-order valence-electron chi connectivity index (χ3n) is 5.29. The lowest BCUT2D eigenvalue weighted by atomic mass is 10.1. The van der Waals surface area contributed by atoms with E-state index in [4.69, 9.17) is 0 Å². The van der Waals surface area contributed by atoms with Crippen LogP contribution in [-0.2, 0) is 6.54 Å². The number of nitrogens with one attached hydrogen (secondary N) is 2. The molecule has 0 aliphatic rings. The number of hydrogen-bond donors (Lipinski definition) is 2. The summed E-state index contributed by atoms with van der Waals surface area (Å²) in [6.45, 7) is 14.9. The minimum absolute atomic E-state index is 0.378. The predicted molar refractivity (Wildman–Crippen MR) is 123 cm³/mol. The number of rotatable bonds is 10. The molecule has 0 bridgehead atoms. The SMILES string of the molecule is CCN(CC)CCCC(C)NC(=NC)NCc1ccccc1-n1nc(C)cc1C. The molecule has 2 N–H and O–H groups in total. The standard InChI is InChI=1S/C23H38N6/c1-7-28(8-2)15-11-12-18(3)26-23(24-6)25-17-21-13-9-10-14-22(21)29-20(5)16-19(4)27-29/h9-10,13-14,16,18H,7-8,11-12,15,17H2,1-6H3,(H2,24,25,26). The second-order valence-corrected chi connectivity index (χ2v) is 7.61. The molecule has 1 heterocycles. The summed E-state index contributed by atoms with van der Waals surface area (Å²) >= 11 is 0. The Morgan fingerprint density at radius 3 is 2.55 bits per heavy atom. The molecule has 6 heteroatoms.